The lowest BCUT2D eigenvalue weighted by molar-refractivity contribution is 0.261. The largest absolute Gasteiger partial charge is 0.370 e. The van der Waals surface area contributed by atoms with Gasteiger partial charge in [-0.1, -0.05) is 24.3 Å². The van der Waals surface area contributed by atoms with Crippen LogP contribution >= 0.6 is 0 Å². The number of hydrogen-bond acceptors (Lipinski definition) is 6. The van der Waals surface area contributed by atoms with Crippen molar-refractivity contribution in [1.29, 1.82) is 0 Å². The molecule has 0 aliphatic carbocycles. The summed E-state index contributed by atoms with van der Waals surface area (Å²) in [6.07, 6.45) is 2.04. The molecule has 2 aliphatic rings. The van der Waals surface area contributed by atoms with E-state index in [2.05, 4.69) is 41.9 Å². The van der Waals surface area contributed by atoms with Crippen LogP contribution in [0.1, 0.15) is 24.0 Å². The van der Waals surface area contributed by atoms with Gasteiger partial charge in [0.25, 0.3) is 0 Å². The van der Waals surface area contributed by atoms with E-state index < -0.39 is 0 Å². The third-order valence-corrected chi connectivity index (χ3v) is 5.98. The predicted octanol–water partition coefficient (Wildman–Crippen LogP) is 4.45. The molecule has 0 bridgehead atoms. The van der Waals surface area contributed by atoms with Crippen molar-refractivity contribution >= 4 is 46.5 Å². The van der Waals surface area contributed by atoms with Gasteiger partial charge in [0.05, 0.1) is 0 Å². The van der Waals surface area contributed by atoms with Crippen LogP contribution in [-0.4, -0.2) is 49.9 Å². The van der Waals surface area contributed by atoms with Crippen molar-refractivity contribution in [3.63, 3.8) is 0 Å². The fourth-order valence-corrected chi connectivity index (χ4v) is 4.16. The molecule has 6 N–H and O–H groups in total. The lowest BCUT2D eigenvalue weighted by atomic mass is 10.1. The summed E-state index contributed by atoms with van der Waals surface area (Å²) in [6, 6.07) is 21.3. The number of nitrogens with zero attached hydrogens (tertiary/aromatic N) is 2. The van der Waals surface area contributed by atoms with Gasteiger partial charge in [0.1, 0.15) is 11.7 Å². The lowest BCUT2D eigenvalue weighted by Crippen LogP contribution is -2.30. The highest BCUT2D eigenvalue weighted by Crippen LogP contribution is 2.17. The average Bonchev–Trinajstić information content (AvgIpc) is 2.95. The molecule has 2 aliphatic heterocycles. The highest BCUT2D eigenvalue weighted by Gasteiger charge is 2.11. The summed E-state index contributed by atoms with van der Waals surface area (Å²) in [5.74, 6) is 1.69. The number of nitrogens with one attached hydrogen (secondary N) is 6. The smallest absolute Gasteiger partial charge is 0.323 e. The number of anilines is 4. The van der Waals surface area contributed by atoms with Crippen molar-refractivity contribution in [3.8, 4) is 0 Å². The molecule has 3 aromatic rings. The van der Waals surface area contributed by atoms with Crippen LogP contribution in [0, 0.1) is 0 Å². The number of carbonyl (C=O) groups is 2. The van der Waals surface area contributed by atoms with Gasteiger partial charge in [0.15, 0.2) is 0 Å². The molecule has 2 heterocycles. The van der Waals surface area contributed by atoms with Crippen molar-refractivity contribution in [1.82, 2.24) is 10.6 Å². The number of carbonyl (C=O) groups excluding carboxylic acids is 2. The molecule has 10 heteroatoms. The maximum absolute atomic E-state index is 12.5. The number of amides is 4. The Labute approximate surface area is 221 Å². The van der Waals surface area contributed by atoms with Crippen molar-refractivity contribution < 1.29 is 9.59 Å². The van der Waals surface area contributed by atoms with Gasteiger partial charge in [-0.3, -0.25) is 9.98 Å². The maximum atomic E-state index is 12.5. The molecule has 10 nitrogen and oxygen atoms in total. The van der Waals surface area contributed by atoms with Crippen LogP contribution in [-0.2, 0) is 0 Å². The zero-order valence-corrected chi connectivity index (χ0v) is 20.9. The number of benzene rings is 3. The van der Waals surface area contributed by atoms with Crippen LogP contribution in [0.2, 0.25) is 0 Å². The topological polar surface area (TPSA) is 131 Å². The van der Waals surface area contributed by atoms with Gasteiger partial charge in [-0.2, -0.15) is 0 Å². The van der Waals surface area contributed by atoms with E-state index in [1.807, 2.05) is 48.5 Å². The van der Waals surface area contributed by atoms with Gasteiger partial charge in [0, 0.05) is 60.1 Å². The summed E-state index contributed by atoms with van der Waals surface area (Å²) >= 11 is 0. The molecule has 0 unspecified atom stereocenters. The number of rotatable bonds is 6. The Morgan fingerprint density at radius 3 is 1.39 bits per heavy atom. The van der Waals surface area contributed by atoms with Gasteiger partial charge in [0.2, 0.25) is 0 Å². The highest BCUT2D eigenvalue weighted by atomic mass is 16.2. The Kier molecular flexibility index (Phi) is 7.78. The number of hydrogen-bond donors (Lipinski definition) is 6. The second-order valence-corrected chi connectivity index (χ2v) is 8.92. The van der Waals surface area contributed by atoms with E-state index in [-0.39, 0.29) is 12.1 Å². The minimum Gasteiger partial charge on any atom is -0.370 e. The van der Waals surface area contributed by atoms with E-state index in [1.165, 1.54) is 0 Å². The normalized spacial score (nSPS) is 14.6. The van der Waals surface area contributed by atoms with Gasteiger partial charge in [-0.05, 0) is 61.4 Å². The van der Waals surface area contributed by atoms with E-state index in [4.69, 9.17) is 0 Å². The SMILES string of the molecule is O=C(Nc1ccc(NC(=O)Nc2cccc(C3=NCCCN3)c2)cc1)Nc1cccc(C2=NCCCN2)c1. The molecule has 194 valence electrons. The van der Waals surface area contributed by atoms with E-state index in [9.17, 15) is 9.59 Å². The Morgan fingerprint density at radius 2 is 1.00 bits per heavy atom. The molecule has 0 radical (unpaired) electrons. The molecule has 4 amide bonds. The Bertz CT molecular complexity index is 1260. The van der Waals surface area contributed by atoms with Crippen molar-refractivity contribution in [2.45, 2.75) is 12.8 Å². The average molecular weight is 511 g/mol. The van der Waals surface area contributed by atoms with E-state index in [0.717, 1.165) is 61.8 Å². The van der Waals surface area contributed by atoms with Gasteiger partial charge >= 0.3 is 12.1 Å². The second kappa shape index (κ2) is 11.9. The van der Waals surface area contributed by atoms with Gasteiger partial charge in [-0.15, -0.1) is 0 Å². The first-order chi connectivity index (χ1) is 18.6. The van der Waals surface area contributed by atoms with Gasteiger partial charge < -0.3 is 31.9 Å². The number of urea groups is 2. The quantitative estimate of drug-likeness (QED) is 0.292. The summed E-state index contributed by atoms with van der Waals surface area (Å²) in [5.41, 5.74) is 4.39. The van der Waals surface area contributed by atoms with E-state index in [0.29, 0.717) is 22.7 Å². The molecule has 0 saturated carbocycles. The minimum atomic E-state index is -0.365. The fourth-order valence-electron chi connectivity index (χ4n) is 4.16. The molecule has 0 spiro atoms. The molecule has 3 aromatic carbocycles. The Balaban J connectivity index is 1.13. The number of amidine groups is 2. The third-order valence-electron chi connectivity index (χ3n) is 5.98. The monoisotopic (exact) mass is 510 g/mol. The van der Waals surface area contributed by atoms with Crippen molar-refractivity contribution in [3.05, 3.63) is 83.9 Å². The molecule has 38 heavy (non-hydrogen) atoms. The fraction of sp³-hybridized carbons (Fsp3) is 0.214. The maximum Gasteiger partial charge on any atom is 0.323 e. The number of aliphatic imine (C=N–C) groups is 2. The van der Waals surface area contributed by atoms with E-state index >= 15 is 0 Å². The van der Waals surface area contributed by atoms with Gasteiger partial charge in [-0.25, -0.2) is 9.59 Å². The summed E-state index contributed by atoms with van der Waals surface area (Å²) in [4.78, 5) is 34.0. The molecule has 0 saturated heterocycles. The van der Waals surface area contributed by atoms with Crippen molar-refractivity contribution in [2.24, 2.45) is 9.98 Å². The third kappa shape index (κ3) is 6.67. The highest BCUT2D eigenvalue weighted by molar-refractivity contribution is 6.04. The van der Waals surface area contributed by atoms with Crippen LogP contribution < -0.4 is 31.9 Å². The molecule has 5 rings (SSSR count). The first-order valence-electron chi connectivity index (χ1n) is 12.7. The standard InChI is InChI=1S/C28H30N8O2/c37-27(35-23-7-1-5-19(17-23)25-29-13-3-14-30-25)33-21-9-11-22(12-10-21)34-28(38)36-24-8-2-6-20(18-24)26-31-15-4-16-32-26/h1-2,5-12,17-18H,3-4,13-16H2,(H,29,30)(H,31,32)(H2,33,35,37)(H2,34,36,38). The van der Waals surface area contributed by atoms with Crippen LogP contribution in [0.4, 0.5) is 32.3 Å². The van der Waals surface area contributed by atoms with Crippen LogP contribution in [0.3, 0.4) is 0 Å². The molecular formula is C28H30N8O2. The lowest BCUT2D eigenvalue weighted by Gasteiger charge is -2.16. The zero-order chi connectivity index (χ0) is 26.2. The molecule has 0 aromatic heterocycles. The summed E-state index contributed by atoms with van der Waals surface area (Å²) < 4.78 is 0. The minimum absolute atomic E-state index is 0.365. The summed E-state index contributed by atoms with van der Waals surface area (Å²) in [6.45, 7) is 3.39. The zero-order valence-electron chi connectivity index (χ0n) is 20.9. The molecule has 0 fully saturated rings. The van der Waals surface area contributed by atoms with Crippen molar-refractivity contribution in [2.75, 3.05) is 47.4 Å². The molecular weight excluding hydrogens is 480 g/mol. The Hall–Kier alpha value is -4.86. The van der Waals surface area contributed by atoms with Crippen LogP contribution in [0.5, 0.6) is 0 Å². The first-order valence-corrected chi connectivity index (χ1v) is 12.7. The van der Waals surface area contributed by atoms with Crippen LogP contribution in [0.15, 0.2) is 82.8 Å². The Morgan fingerprint density at radius 1 is 0.579 bits per heavy atom. The summed E-state index contributed by atoms with van der Waals surface area (Å²) in [5, 5.41) is 17.9. The predicted molar refractivity (Wildman–Crippen MR) is 153 cm³/mol. The first kappa shape index (κ1) is 24.8. The second-order valence-electron chi connectivity index (χ2n) is 8.92. The van der Waals surface area contributed by atoms with Crippen LogP contribution in [0.25, 0.3) is 0 Å². The molecule has 0 atom stereocenters. The summed E-state index contributed by atoms with van der Waals surface area (Å²) in [7, 11) is 0. The van der Waals surface area contributed by atoms with E-state index in [1.54, 1.807) is 24.3 Å².